The molecule has 1 atom stereocenters. The van der Waals surface area contributed by atoms with Crippen LogP contribution in [0.1, 0.15) is 40.5 Å². The molecule has 13 heavy (non-hydrogen) atoms. The van der Waals surface area contributed by atoms with Gasteiger partial charge < -0.3 is 10.6 Å². The van der Waals surface area contributed by atoms with Gasteiger partial charge in [-0.2, -0.15) is 0 Å². The maximum Gasteiger partial charge on any atom is 0.239 e. The molecule has 0 aromatic carbocycles. The molecule has 0 aliphatic rings. The third-order valence-electron chi connectivity index (χ3n) is 2.86. The van der Waals surface area contributed by atoms with Crippen LogP contribution >= 0.6 is 0 Å². The van der Waals surface area contributed by atoms with Crippen molar-refractivity contribution in [3.8, 4) is 0 Å². The maximum absolute atomic E-state index is 11.7. The summed E-state index contributed by atoms with van der Waals surface area (Å²) in [6.07, 6.45) is 1.63. The summed E-state index contributed by atoms with van der Waals surface area (Å²) in [6, 6.07) is -0.351. The first-order valence-corrected chi connectivity index (χ1v) is 4.90. The van der Waals surface area contributed by atoms with Gasteiger partial charge in [-0.25, -0.2) is 0 Å². The summed E-state index contributed by atoms with van der Waals surface area (Å²) in [7, 11) is 1.82. The van der Waals surface area contributed by atoms with Gasteiger partial charge in [0.05, 0.1) is 6.04 Å². The number of amides is 1. The molecule has 0 rings (SSSR count). The molecule has 0 aliphatic heterocycles. The predicted octanol–water partition coefficient (Wildman–Crippen LogP) is 1.37. The summed E-state index contributed by atoms with van der Waals surface area (Å²) >= 11 is 0. The van der Waals surface area contributed by atoms with Crippen molar-refractivity contribution in [3.63, 3.8) is 0 Å². The van der Waals surface area contributed by atoms with E-state index in [9.17, 15) is 4.79 Å². The largest absolute Gasteiger partial charge is 0.339 e. The molecule has 0 aliphatic carbocycles. The van der Waals surface area contributed by atoms with Crippen molar-refractivity contribution in [3.05, 3.63) is 0 Å². The first kappa shape index (κ1) is 12.4. The standard InChI is InChI=1S/C10H22N2O/c1-6-8(11)9(13)12(5)10(3,4)7-2/h8H,6-7,11H2,1-5H3. The molecule has 78 valence electrons. The van der Waals surface area contributed by atoms with E-state index in [2.05, 4.69) is 6.92 Å². The lowest BCUT2D eigenvalue weighted by Crippen LogP contribution is -2.51. The second-order valence-electron chi connectivity index (χ2n) is 4.08. The van der Waals surface area contributed by atoms with Crippen LogP contribution in [0.5, 0.6) is 0 Å². The lowest BCUT2D eigenvalue weighted by Gasteiger charge is -2.36. The fourth-order valence-corrected chi connectivity index (χ4v) is 0.959. The molecule has 2 N–H and O–H groups in total. The van der Waals surface area contributed by atoms with Crippen molar-refractivity contribution in [2.75, 3.05) is 7.05 Å². The van der Waals surface area contributed by atoms with Gasteiger partial charge in [-0.15, -0.1) is 0 Å². The van der Waals surface area contributed by atoms with Gasteiger partial charge in [0, 0.05) is 12.6 Å². The fourth-order valence-electron chi connectivity index (χ4n) is 0.959. The van der Waals surface area contributed by atoms with Crippen LogP contribution in [0.15, 0.2) is 0 Å². The minimum absolute atomic E-state index is 0.0364. The Kier molecular flexibility index (Phi) is 4.40. The Hall–Kier alpha value is -0.570. The number of likely N-dealkylation sites (N-methyl/N-ethyl adjacent to an activating group) is 1. The second-order valence-corrected chi connectivity index (χ2v) is 4.08. The topological polar surface area (TPSA) is 46.3 Å². The van der Waals surface area contributed by atoms with Gasteiger partial charge in [0.15, 0.2) is 0 Å². The molecule has 0 aromatic rings. The van der Waals surface area contributed by atoms with Crippen molar-refractivity contribution < 1.29 is 4.79 Å². The summed E-state index contributed by atoms with van der Waals surface area (Å²) in [5.74, 6) is 0.0364. The van der Waals surface area contributed by atoms with Gasteiger partial charge in [-0.1, -0.05) is 13.8 Å². The molecule has 1 unspecified atom stereocenters. The Bertz CT molecular complexity index is 178. The Morgan fingerprint density at radius 1 is 1.46 bits per heavy atom. The quantitative estimate of drug-likeness (QED) is 0.720. The Balaban J connectivity index is 4.42. The van der Waals surface area contributed by atoms with Gasteiger partial charge in [0.1, 0.15) is 0 Å². The van der Waals surface area contributed by atoms with Gasteiger partial charge in [-0.05, 0) is 26.7 Å². The van der Waals surface area contributed by atoms with E-state index in [4.69, 9.17) is 5.73 Å². The molecule has 0 heterocycles. The number of hydrogen-bond donors (Lipinski definition) is 1. The number of rotatable bonds is 4. The van der Waals surface area contributed by atoms with E-state index in [0.717, 1.165) is 6.42 Å². The molecule has 0 spiro atoms. The maximum atomic E-state index is 11.7. The average Bonchev–Trinajstić information content (AvgIpc) is 2.14. The summed E-state index contributed by atoms with van der Waals surface area (Å²) in [5.41, 5.74) is 5.58. The van der Waals surface area contributed by atoms with Crippen LogP contribution in [0.25, 0.3) is 0 Å². The Labute approximate surface area is 81.3 Å². The molecular formula is C10H22N2O. The van der Waals surface area contributed by atoms with Gasteiger partial charge in [0.25, 0.3) is 0 Å². The lowest BCUT2D eigenvalue weighted by molar-refractivity contribution is -0.136. The summed E-state index contributed by atoms with van der Waals surface area (Å²) in [5, 5.41) is 0. The zero-order valence-corrected chi connectivity index (χ0v) is 9.42. The monoisotopic (exact) mass is 186 g/mol. The highest BCUT2D eigenvalue weighted by Gasteiger charge is 2.27. The van der Waals surface area contributed by atoms with Crippen molar-refractivity contribution in [2.45, 2.75) is 52.1 Å². The third-order valence-corrected chi connectivity index (χ3v) is 2.86. The molecule has 0 saturated heterocycles. The zero-order valence-electron chi connectivity index (χ0n) is 9.42. The SMILES string of the molecule is CCC(N)C(=O)N(C)C(C)(C)CC. The number of nitrogens with two attached hydrogens (primary N) is 1. The number of carbonyl (C=O) groups excluding carboxylic acids is 1. The third kappa shape index (κ3) is 2.99. The van der Waals surface area contributed by atoms with E-state index >= 15 is 0 Å². The van der Waals surface area contributed by atoms with Crippen LogP contribution < -0.4 is 5.73 Å². The highest BCUT2D eigenvalue weighted by atomic mass is 16.2. The number of nitrogens with zero attached hydrogens (tertiary/aromatic N) is 1. The molecule has 0 fully saturated rings. The van der Waals surface area contributed by atoms with Crippen LogP contribution in [0.4, 0.5) is 0 Å². The van der Waals surface area contributed by atoms with E-state index in [1.165, 1.54) is 0 Å². The molecule has 3 nitrogen and oxygen atoms in total. The van der Waals surface area contributed by atoms with E-state index < -0.39 is 0 Å². The summed E-state index contributed by atoms with van der Waals surface area (Å²) in [4.78, 5) is 13.4. The molecule has 1 amide bonds. The molecular weight excluding hydrogens is 164 g/mol. The van der Waals surface area contributed by atoms with Crippen LogP contribution in [0, 0.1) is 0 Å². The van der Waals surface area contributed by atoms with Gasteiger partial charge in [0.2, 0.25) is 5.91 Å². The second kappa shape index (κ2) is 4.61. The van der Waals surface area contributed by atoms with Crippen molar-refractivity contribution in [1.82, 2.24) is 4.90 Å². The van der Waals surface area contributed by atoms with Crippen molar-refractivity contribution in [2.24, 2.45) is 5.73 Å². The molecule has 0 bridgehead atoms. The lowest BCUT2D eigenvalue weighted by atomic mass is 9.99. The summed E-state index contributed by atoms with van der Waals surface area (Å²) < 4.78 is 0. The summed E-state index contributed by atoms with van der Waals surface area (Å²) in [6.45, 7) is 8.09. The average molecular weight is 186 g/mol. The smallest absolute Gasteiger partial charge is 0.239 e. The van der Waals surface area contributed by atoms with Crippen LogP contribution in [-0.4, -0.2) is 29.4 Å². The van der Waals surface area contributed by atoms with E-state index in [1.807, 2.05) is 27.8 Å². The van der Waals surface area contributed by atoms with Crippen LogP contribution in [0.2, 0.25) is 0 Å². The van der Waals surface area contributed by atoms with Crippen molar-refractivity contribution in [1.29, 1.82) is 0 Å². The first-order valence-electron chi connectivity index (χ1n) is 4.90. The van der Waals surface area contributed by atoms with Crippen LogP contribution in [-0.2, 0) is 4.79 Å². The minimum atomic E-state index is -0.351. The Morgan fingerprint density at radius 2 is 1.92 bits per heavy atom. The normalized spacial score (nSPS) is 14.0. The zero-order chi connectivity index (χ0) is 10.6. The fraction of sp³-hybridized carbons (Fsp3) is 0.900. The highest BCUT2D eigenvalue weighted by Crippen LogP contribution is 2.17. The molecule has 3 heteroatoms. The molecule has 0 radical (unpaired) electrons. The van der Waals surface area contributed by atoms with E-state index in [1.54, 1.807) is 4.90 Å². The van der Waals surface area contributed by atoms with E-state index in [-0.39, 0.29) is 17.5 Å². The van der Waals surface area contributed by atoms with E-state index in [0.29, 0.717) is 6.42 Å². The van der Waals surface area contributed by atoms with Gasteiger partial charge >= 0.3 is 0 Å². The minimum Gasteiger partial charge on any atom is -0.339 e. The first-order chi connectivity index (χ1) is 5.86. The highest BCUT2D eigenvalue weighted by molar-refractivity contribution is 5.81. The molecule has 0 aromatic heterocycles. The van der Waals surface area contributed by atoms with Crippen molar-refractivity contribution >= 4 is 5.91 Å². The van der Waals surface area contributed by atoms with Gasteiger partial charge in [-0.3, -0.25) is 4.79 Å². The van der Waals surface area contributed by atoms with Crippen LogP contribution in [0.3, 0.4) is 0 Å². The number of hydrogen-bond acceptors (Lipinski definition) is 2. The Morgan fingerprint density at radius 3 is 2.23 bits per heavy atom. The molecule has 0 saturated carbocycles. The number of carbonyl (C=O) groups is 1. The predicted molar refractivity (Wildman–Crippen MR) is 55.4 cm³/mol.